The highest BCUT2D eigenvalue weighted by molar-refractivity contribution is 6.01. The number of rotatable bonds is 3. The van der Waals surface area contributed by atoms with E-state index in [2.05, 4.69) is 0 Å². The molecule has 0 fully saturated rings. The molecule has 0 spiro atoms. The van der Waals surface area contributed by atoms with E-state index >= 15 is 0 Å². The Morgan fingerprint density at radius 2 is 1.52 bits per heavy atom. The van der Waals surface area contributed by atoms with E-state index in [1.807, 2.05) is 54.6 Å². The first kappa shape index (κ1) is 13.1. The van der Waals surface area contributed by atoms with Crippen LogP contribution in [0.4, 0.5) is 0 Å². The number of phenolic OH excluding ortho intramolecular Hbond substituents is 1. The van der Waals surface area contributed by atoms with Gasteiger partial charge in [0.15, 0.2) is 0 Å². The summed E-state index contributed by atoms with van der Waals surface area (Å²) in [6.45, 7) is 0. The maximum atomic E-state index is 10.7. The molecule has 0 unspecified atom stereocenters. The summed E-state index contributed by atoms with van der Waals surface area (Å²) < 4.78 is 0. The summed E-state index contributed by atoms with van der Waals surface area (Å²) >= 11 is 0. The summed E-state index contributed by atoms with van der Waals surface area (Å²) in [5.41, 5.74) is 2.84. The van der Waals surface area contributed by atoms with Crippen molar-refractivity contribution in [2.75, 3.05) is 0 Å². The van der Waals surface area contributed by atoms with E-state index in [0.717, 1.165) is 33.7 Å². The van der Waals surface area contributed by atoms with Gasteiger partial charge >= 0.3 is 0 Å². The normalized spacial score (nSPS) is 11.0. The van der Waals surface area contributed by atoms with Crippen molar-refractivity contribution in [2.24, 2.45) is 0 Å². The lowest BCUT2D eigenvalue weighted by molar-refractivity contribution is -0.104. The van der Waals surface area contributed by atoms with E-state index in [-0.39, 0.29) is 5.75 Å². The van der Waals surface area contributed by atoms with Crippen LogP contribution in [0, 0.1) is 0 Å². The van der Waals surface area contributed by atoms with E-state index in [4.69, 9.17) is 0 Å². The molecule has 3 aromatic carbocycles. The Balaban J connectivity index is 2.38. The minimum atomic E-state index is 0.243. The number of hydrogen-bond donors (Lipinski definition) is 1. The molecule has 0 aliphatic rings. The van der Waals surface area contributed by atoms with Crippen molar-refractivity contribution >= 4 is 23.1 Å². The van der Waals surface area contributed by atoms with Gasteiger partial charge in [0.1, 0.15) is 12.0 Å². The van der Waals surface area contributed by atoms with Crippen molar-refractivity contribution in [1.29, 1.82) is 0 Å². The van der Waals surface area contributed by atoms with Gasteiger partial charge in [0.25, 0.3) is 0 Å². The fraction of sp³-hybridized carbons (Fsp3) is 0. The van der Waals surface area contributed by atoms with E-state index in [1.54, 1.807) is 12.1 Å². The zero-order valence-corrected chi connectivity index (χ0v) is 11.4. The number of allylic oxidation sites excluding steroid dienone is 1. The van der Waals surface area contributed by atoms with Gasteiger partial charge in [0, 0.05) is 5.39 Å². The van der Waals surface area contributed by atoms with Crippen LogP contribution >= 0.6 is 0 Å². The lowest BCUT2D eigenvalue weighted by atomic mass is 9.93. The topological polar surface area (TPSA) is 37.3 Å². The molecule has 1 N–H and O–H groups in total. The molecule has 0 radical (unpaired) electrons. The van der Waals surface area contributed by atoms with Crippen molar-refractivity contribution in [1.82, 2.24) is 0 Å². The Morgan fingerprint density at radius 1 is 0.857 bits per heavy atom. The predicted molar refractivity (Wildman–Crippen MR) is 86.1 cm³/mol. The van der Waals surface area contributed by atoms with E-state index in [9.17, 15) is 9.90 Å². The van der Waals surface area contributed by atoms with Gasteiger partial charge in [-0.1, -0.05) is 60.7 Å². The monoisotopic (exact) mass is 274 g/mol. The molecule has 0 amide bonds. The molecule has 3 aromatic rings. The van der Waals surface area contributed by atoms with Gasteiger partial charge in [0.2, 0.25) is 0 Å². The van der Waals surface area contributed by atoms with Crippen molar-refractivity contribution in [2.45, 2.75) is 0 Å². The number of aromatic hydroxyl groups is 1. The number of phenols is 1. The van der Waals surface area contributed by atoms with Crippen LogP contribution in [0.2, 0.25) is 0 Å². The van der Waals surface area contributed by atoms with E-state index in [1.165, 1.54) is 6.08 Å². The van der Waals surface area contributed by atoms with Crippen LogP contribution in [0.25, 0.3) is 28.0 Å². The highest BCUT2D eigenvalue weighted by Gasteiger charge is 2.10. The number of hydrogen-bond acceptors (Lipinski definition) is 2. The van der Waals surface area contributed by atoms with Gasteiger partial charge in [0.05, 0.1) is 0 Å². The minimum absolute atomic E-state index is 0.243. The van der Waals surface area contributed by atoms with Crippen LogP contribution in [-0.4, -0.2) is 11.4 Å². The third-order valence-corrected chi connectivity index (χ3v) is 3.49. The molecule has 21 heavy (non-hydrogen) atoms. The zero-order chi connectivity index (χ0) is 14.7. The van der Waals surface area contributed by atoms with E-state index < -0.39 is 0 Å². The van der Waals surface area contributed by atoms with Crippen LogP contribution in [-0.2, 0) is 4.79 Å². The Morgan fingerprint density at radius 3 is 2.24 bits per heavy atom. The summed E-state index contributed by atoms with van der Waals surface area (Å²) in [7, 11) is 0. The molecule has 0 bridgehead atoms. The van der Waals surface area contributed by atoms with Crippen molar-refractivity contribution in [3.63, 3.8) is 0 Å². The summed E-state index contributed by atoms with van der Waals surface area (Å²) in [5.74, 6) is 0.243. The molecule has 0 saturated heterocycles. The molecule has 2 heteroatoms. The third kappa shape index (κ3) is 2.43. The molecule has 0 atom stereocenters. The standard InChI is InChI=1S/C19H14O2/c20-12-6-11-16-15-9-4-5-10-17(15)19(21)13-18(16)14-7-2-1-3-8-14/h1-13,21H/b11-6+. The fourth-order valence-electron chi connectivity index (χ4n) is 2.55. The predicted octanol–water partition coefficient (Wildman–Crippen LogP) is 4.42. The lowest BCUT2D eigenvalue weighted by Gasteiger charge is -2.12. The van der Waals surface area contributed by atoms with Gasteiger partial charge in [-0.2, -0.15) is 0 Å². The fourth-order valence-corrected chi connectivity index (χ4v) is 2.55. The average molecular weight is 274 g/mol. The third-order valence-electron chi connectivity index (χ3n) is 3.49. The lowest BCUT2D eigenvalue weighted by Crippen LogP contribution is -1.87. The minimum Gasteiger partial charge on any atom is -0.507 e. The highest BCUT2D eigenvalue weighted by atomic mass is 16.3. The van der Waals surface area contributed by atoms with Crippen LogP contribution in [0.5, 0.6) is 5.75 Å². The molecular weight excluding hydrogens is 260 g/mol. The Hall–Kier alpha value is -2.87. The number of fused-ring (bicyclic) bond motifs is 1. The molecule has 0 saturated carbocycles. The summed E-state index contributed by atoms with van der Waals surface area (Å²) in [6.07, 6.45) is 4.03. The number of carbonyl (C=O) groups is 1. The summed E-state index contributed by atoms with van der Waals surface area (Å²) in [6, 6.07) is 19.2. The first-order valence-electron chi connectivity index (χ1n) is 6.73. The van der Waals surface area contributed by atoms with Crippen LogP contribution < -0.4 is 0 Å². The van der Waals surface area contributed by atoms with Crippen molar-refractivity contribution < 1.29 is 9.90 Å². The number of carbonyl (C=O) groups excluding carboxylic acids is 1. The summed E-state index contributed by atoms with van der Waals surface area (Å²) in [4.78, 5) is 10.7. The van der Waals surface area contributed by atoms with Crippen molar-refractivity contribution in [3.05, 3.63) is 72.3 Å². The SMILES string of the molecule is O=C/C=C/c1c(-c2ccccc2)cc(O)c2ccccc12. The molecule has 0 heterocycles. The molecule has 0 aliphatic carbocycles. The smallest absolute Gasteiger partial charge is 0.142 e. The van der Waals surface area contributed by atoms with Crippen molar-refractivity contribution in [3.8, 4) is 16.9 Å². The van der Waals surface area contributed by atoms with Crippen LogP contribution in [0.15, 0.2) is 66.7 Å². The number of aldehydes is 1. The molecule has 0 aliphatic heterocycles. The second-order valence-corrected chi connectivity index (χ2v) is 4.76. The second kappa shape index (κ2) is 5.63. The molecule has 3 rings (SSSR count). The van der Waals surface area contributed by atoms with Crippen LogP contribution in [0.1, 0.15) is 5.56 Å². The second-order valence-electron chi connectivity index (χ2n) is 4.76. The Kier molecular flexibility index (Phi) is 3.52. The maximum Gasteiger partial charge on any atom is 0.142 e. The first-order chi connectivity index (χ1) is 10.3. The van der Waals surface area contributed by atoms with Gasteiger partial charge in [-0.15, -0.1) is 0 Å². The van der Waals surface area contributed by atoms with E-state index in [0.29, 0.717) is 0 Å². The Bertz CT molecular complexity index is 818. The molecule has 2 nitrogen and oxygen atoms in total. The molecule has 102 valence electrons. The Labute approximate surface area is 123 Å². The number of benzene rings is 3. The highest BCUT2D eigenvalue weighted by Crippen LogP contribution is 2.36. The molecular formula is C19H14O2. The average Bonchev–Trinajstić information content (AvgIpc) is 2.55. The van der Waals surface area contributed by atoms with Gasteiger partial charge in [-0.3, -0.25) is 4.79 Å². The van der Waals surface area contributed by atoms with Gasteiger partial charge in [-0.05, 0) is 34.2 Å². The molecule has 0 aromatic heterocycles. The van der Waals surface area contributed by atoms with Gasteiger partial charge < -0.3 is 5.11 Å². The summed E-state index contributed by atoms with van der Waals surface area (Å²) in [5, 5.41) is 12.0. The first-order valence-corrected chi connectivity index (χ1v) is 6.73. The van der Waals surface area contributed by atoms with Crippen LogP contribution in [0.3, 0.4) is 0 Å². The maximum absolute atomic E-state index is 10.7. The largest absolute Gasteiger partial charge is 0.507 e. The van der Waals surface area contributed by atoms with Gasteiger partial charge in [-0.25, -0.2) is 0 Å². The quantitative estimate of drug-likeness (QED) is 0.567. The zero-order valence-electron chi connectivity index (χ0n) is 11.4.